The Bertz CT molecular complexity index is 289. The van der Waals surface area contributed by atoms with Crippen molar-refractivity contribution in [3.8, 4) is 0 Å². The van der Waals surface area contributed by atoms with Crippen LogP contribution in [-0.2, 0) is 9.84 Å². The summed E-state index contributed by atoms with van der Waals surface area (Å²) >= 11 is 1.97. The Morgan fingerprint density at radius 3 is 2.39 bits per heavy atom. The highest BCUT2D eigenvalue weighted by Crippen LogP contribution is 2.12. The highest BCUT2D eigenvalue weighted by Gasteiger charge is 2.10. The first kappa shape index (κ1) is 18.3. The van der Waals surface area contributed by atoms with Crippen LogP contribution in [0.4, 0.5) is 0 Å². The normalized spacial score (nSPS) is 14.1. The quantitative estimate of drug-likeness (QED) is 0.636. The van der Waals surface area contributed by atoms with Gasteiger partial charge in [0.05, 0.1) is 0 Å². The Labute approximate surface area is 117 Å². The van der Waals surface area contributed by atoms with Crippen LogP contribution < -0.4 is 5.32 Å². The van der Waals surface area contributed by atoms with Crippen molar-refractivity contribution >= 4 is 21.6 Å². The first-order valence-electron chi connectivity index (χ1n) is 6.84. The standard InChI is InChI=1S/C13H29NO2S2/c1-5-8-14-13(11-17-10-12(2)3)7-6-9-18(4,15)16/h12-14H,5-11H2,1-4H3. The van der Waals surface area contributed by atoms with Crippen molar-refractivity contribution < 1.29 is 8.42 Å². The van der Waals surface area contributed by atoms with Crippen molar-refractivity contribution in [2.75, 3.05) is 30.1 Å². The van der Waals surface area contributed by atoms with E-state index >= 15 is 0 Å². The van der Waals surface area contributed by atoms with Crippen molar-refractivity contribution in [3.63, 3.8) is 0 Å². The van der Waals surface area contributed by atoms with Crippen molar-refractivity contribution in [2.24, 2.45) is 5.92 Å². The Balaban J connectivity index is 3.90. The molecule has 3 nitrogen and oxygen atoms in total. The fourth-order valence-electron chi connectivity index (χ4n) is 1.63. The maximum absolute atomic E-state index is 11.1. The van der Waals surface area contributed by atoms with Crippen LogP contribution in [0.1, 0.15) is 40.0 Å². The third kappa shape index (κ3) is 12.7. The summed E-state index contributed by atoms with van der Waals surface area (Å²) in [6.45, 7) is 7.63. The molecule has 0 aromatic carbocycles. The van der Waals surface area contributed by atoms with E-state index in [-0.39, 0.29) is 0 Å². The lowest BCUT2D eigenvalue weighted by molar-refractivity contribution is 0.512. The van der Waals surface area contributed by atoms with Crippen molar-refractivity contribution in [2.45, 2.75) is 46.1 Å². The lowest BCUT2D eigenvalue weighted by Gasteiger charge is -2.18. The number of sulfone groups is 1. The molecule has 0 aliphatic rings. The van der Waals surface area contributed by atoms with Gasteiger partial charge in [-0.2, -0.15) is 11.8 Å². The van der Waals surface area contributed by atoms with Gasteiger partial charge in [-0.3, -0.25) is 0 Å². The Morgan fingerprint density at radius 2 is 1.89 bits per heavy atom. The maximum Gasteiger partial charge on any atom is 0.147 e. The first-order valence-corrected chi connectivity index (χ1v) is 10.1. The van der Waals surface area contributed by atoms with Crippen LogP contribution in [0.3, 0.4) is 0 Å². The average molecular weight is 296 g/mol. The molecule has 5 heteroatoms. The summed E-state index contributed by atoms with van der Waals surface area (Å²) in [6, 6.07) is 0.454. The van der Waals surface area contributed by atoms with Crippen LogP contribution in [0, 0.1) is 5.92 Å². The van der Waals surface area contributed by atoms with E-state index in [0.717, 1.165) is 37.5 Å². The van der Waals surface area contributed by atoms with E-state index in [1.807, 2.05) is 11.8 Å². The minimum absolute atomic E-state index is 0.312. The molecule has 0 fully saturated rings. The van der Waals surface area contributed by atoms with Crippen molar-refractivity contribution in [1.82, 2.24) is 5.32 Å². The summed E-state index contributed by atoms with van der Waals surface area (Å²) in [7, 11) is -2.81. The average Bonchev–Trinajstić information content (AvgIpc) is 2.23. The van der Waals surface area contributed by atoms with Crippen LogP contribution in [0.5, 0.6) is 0 Å². The Kier molecular flexibility index (Phi) is 10.2. The van der Waals surface area contributed by atoms with Crippen LogP contribution in [0.15, 0.2) is 0 Å². The predicted octanol–water partition coefficient (Wildman–Crippen LogP) is 2.57. The van der Waals surface area contributed by atoms with Crippen molar-refractivity contribution in [1.29, 1.82) is 0 Å². The molecule has 0 spiro atoms. The van der Waals surface area contributed by atoms with E-state index in [1.165, 1.54) is 12.0 Å². The molecule has 0 aromatic heterocycles. The minimum atomic E-state index is -2.81. The summed E-state index contributed by atoms with van der Waals surface area (Å²) in [5.41, 5.74) is 0. The maximum atomic E-state index is 11.1. The summed E-state index contributed by atoms with van der Waals surface area (Å²) in [4.78, 5) is 0. The van der Waals surface area contributed by atoms with Crippen LogP contribution >= 0.6 is 11.8 Å². The van der Waals surface area contributed by atoms with Gasteiger partial charge in [0.2, 0.25) is 0 Å². The zero-order valence-corrected chi connectivity index (χ0v) is 13.9. The van der Waals surface area contributed by atoms with E-state index in [0.29, 0.717) is 11.8 Å². The molecule has 1 atom stereocenters. The van der Waals surface area contributed by atoms with E-state index < -0.39 is 9.84 Å². The van der Waals surface area contributed by atoms with E-state index in [9.17, 15) is 8.42 Å². The molecular formula is C13H29NO2S2. The van der Waals surface area contributed by atoms with Gasteiger partial charge in [-0.15, -0.1) is 0 Å². The second kappa shape index (κ2) is 10.1. The minimum Gasteiger partial charge on any atom is -0.313 e. The number of thioether (sulfide) groups is 1. The highest BCUT2D eigenvalue weighted by molar-refractivity contribution is 7.99. The second-order valence-corrected chi connectivity index (χ2v) is 8.69. The van der Waals surface area contributed by atoms with Gasteiger partial charge < -0.3 is 5.32 Å². The van der Waals surface area contributed by atoms with Gasteiger partial charge in [0.25, 0.3) is 0 Å². The van der Waals surface area contributed by atoms with Gasteiger partial charge in [0.15, 0.2) is 0 Å². The van der Waals surface area contributed by atoms with Crippen LogP contribution in [0.2, 0.25) is 0 Å². The van der Waals surface area contributed by atoms with E-state index in [4.69, 9.17) is 0 Å². The molecule has 0 aliphatic carbocycles. The van der Waals surface area contributed by atoms with Gasteiger partial charge in [-0.25, -0.2) is 8.42 Å². The topological polar surface area (TPSA) is 46.2 Å². The molecular weight excluding hydrogens is 266 g/mol. The first-order chi connectivity index (χ1) is 8.35. The molecule has 1 unspecified atom stereocenters. The molecule has 110 valence electrons. The largest absolute Gasteiger partial charge is 0.313 e. The van der Waals surface area contributed by atoms with Gasteiger partial charge in [-0.05, 0) is 37.5 Å². The monoisotopic (exact) mass is 295 g/mol. The molecule has 0 saturated carbocycles. The second-order valence-electron chi connectivity index (χ2n) is 5.35. The van der Waals surface area contributed by atoms with Gasteiger partial charge in [0, 0.05) is 23.8 Å². The molecule has 0 aromatic rings. The number of hydrogen-bond donors (Lipinski definition) is 1. The fourth-order valence-corrected chi connectivity index (χ4v) is 3.50. The third-order valence-electron chi connectivity index (χ3n) is 2.52. The zero-order valence-electron chi connectivity index (χ0n) is 12.2. The molecule has 0 saturated heterocycles. The molecule has 0 rings (SSSR count). The predicted molar refractivity (Wildman–Crippen MR) is 83.2 cm³/mol. The lowest BCUT2D eigenvalue weighted by Crippen LogP contribution is -2.32. The van der Waals surface area contributed by atoms with E-state index in [2.05, 4.69) is 26.1 Å². The zero-order chi connectivity index (χ0) is 14.0. The molecule has 0 heterocycles. The van der Waals surface area contributed by atoms with E-state index in [1.54, 1.807) is 0 Å². The molecule has 0 bridgehead atoms. The van der Waals surface area contributed by atoms with Gasteiger partial charge in [-0.1, -0.05) is 20.8 Å². The lowest BCUT2D eigenvalue weighted by atomic mass is 10.2. The smallest absolute Gasteiger partial charge is 0.147 e. The molecule has 0 aliphatic heterocycles. The summed E-state index contributed by atoms with van der Waals surface area (Å²) in [6.07, 6.45) is 4.16. The highest BCUT2D eigenvalue weighted by atomic mass is 32.2. The van der Waals surface area contributed by atoms with Gasteiger partial charge in [0.1, 0.15) is 9.84 Å². The van der Waals surface area contributed by atoms with Crippen LogP contribution in [0.25, 0.3) is 0 Å². The van der Waals surface area contributed by atoms with Crippen LogP contribution in [-0.4, -0.2) is 44.5 Å². The summed E-state index contributed by atoms with van der Waals surface area (Å²) in [5, 5.41) is 3.51. The summed E-state index contributed by atoms with van der Waals surface area (Å²) in [5.74, 6) is 3.29. The fraction of sp³-hybridized carbons (Fsp3) is 1.00. The molecule has 0 amide bonds. The third-order valence-corrected chi connectivity index (χ3v) is 5.09. The number of rotatable bonds is 11. The van der Waals surface area contributed by atoms with Crippen molar-refractivity contribution in [3.05, 3.63) is 0 Å². The molecule has 0 radical (unpaired) electrons. The van der Waals surface area contributed by atoms with Gasteiger partial charge >= 0.3 is 0 Å². The Hall–Kier alpha value is 0.260. The molecule has 1 N–H and O–H groups in total. The SMILES string of the molecule is CCCNC(CCCS(C)(=O)=O)CSCC(C)C. The summed E-state index contributed by atoms with van der Waals surface area (Å²) < 4.78 is 22.2. The Morgan fingerprint density at radius 1 is 1.22 bits per heavy atom. The molecule has 18 heavy (non-hydrogen) atoms. The number of nitrogens with one attached hydrogen (secondary N) is 1. The number of hydrogen-bond acceptors (Lipinski definition) is 4.